The van der Waals surface area contributed by atoms with Gasteiger partial charge in [0.1, 0.15) is 11.4 Å². The minimum Gasteiger partial charge on any atom is -0.481 e. The van der Waals surface area contributed by atoms with Crippen molar-refractivity contribution in [1.29, 1.82) is 0 Å². The molecule has 0 aliphatic heterocycles. The predicted molar refractivity (Wildman–Crippen MR) is 74.7 cm³/mol. The van der Waals surface area contributed by atoms with Crippen LogP contribution in [0.25, 0.3) is 11.0 Å². The third-order valence-electron chi connectivity index (χ3n) is 3.41. The van der Waals surface area contributed by atoms with Crippen LogP contribution in [0.4, 0.5) is 4.39 Å². The largest absolute Gasteiger partial charge is 0.481 e. The molecule has 1 unspecified atom stereocenters. The van der Waals surface area contributed by atoms with Crippen LogP contribution in [0.5, 0.6) is 0 Å². The first-order valence-corrected chi connectivity index (χ1v) is 6.48. The van der Waals surface area contributed by atoms with Gasteiger partial charge in [-0.05, 0) is 25.1 Å². The highest BCUT2D eigenvalue weighted by Gasteiger charge is 2.24. The van der Waals surface area contributed by atoms with Crippen LogP contribution in [0.15, 0.2) is 22.6 Å². The molecule has 0 fully saturated rings. The van der Waals surface area contributed by atoms with Crippen molar-refractivity contribution < 1.29 is 23.5 Å². The third-order valence-corrected chi connectivity index (χ3v) is 3.41. The van der Waals surface area contributed by atoms with E-state index in [1.807, 2.05) is 0 Å². The Labute approximate surface area is 121 Å². The summed E-state index contributed by atoms with van der Waals surface area (Å²) in [7, 11) is 1.51. The molecular formula is C15H16FNO4. The third kappa shape index (κ3) is 2.89. The van der Waals surface area contributed by atoms with Crippen LogP contribution in [0.2, 0.25) is 0 Å². The smallest absolute Gasteiger partial charge is 0.308 e. The van der Waals surface area contributed by atoms with Crippen LogP contribution in [0.3, 0.4) is 0 Å². The maximum Gasteiger partial charge on any atom is 0.308 e. The summed E-state index contributed by atoms with van der Waals surface area (Å²) in [5.41, 5.74) is 0.973. The zero-order chi connectivity index (χ0) is 15.7. The first kappa shape index (κ1) is 15.0. The van der Waals surface area contributed by atoms with Crippen LogP contribution >= 0.6 is 0 Å². The van der Waals surface area contributed by atoms with E-state index in [9.17, 15) is 14.0 Å². The predicted octanol–water partition coefficient (Wildman–Crippen LogP) is 2.67. The topological polar surface area (TPSA) is 70.8 Å². The van der Waals surface area contributed by atoms with E-state index >= 15 is 0 Å². The van der Waals surface area contributed by atoms with E-state index < -0.39 is 23.6 Å². The number of hydrogen-bond acceptors (Lipinski definition) is 3. The van der Waals surface area contributed by atoms with Crippen molar-refractivity contribution in [2.75, 3.05) is 13.6 Å². The van der Waals surface area contributed by atoms with Gasteiger partial charge in [-0.1, -0.05) is 6.92 Å². The number of rotatable bonds is 4. The van der Waals surface area contributed by atoms with Crippen LogP contribution < -0.4 is 0 Å². The van der Waals surface area contributed by atoms with Crippen molar-refractivity contribution in [3.63, 3.8) is 0 Å². The number of fused-ring (bicyclic) bond motifs is 1. The zero-order valence-electron chi connectivity index (χ0n) is 12.0. The second-order valence-electron chi connectivity index (χ2n) is 5.12. The molecule has 21 heavy (non-hydrogen) atoms. The Morgan fingerprint density at radius 2 is 2.10 bits per heavy atom. The van der Waals surface area contributed by atoms with Gasteiger partial charge >= 0.3 is 5.97 Å². The first-order valence-electron chi connectivity index (χ1n) is 6.48. The van der Waals surface area contributed by atoms with Crippen molar-refractivity contribution >= 4 is 22.8 Å². The SMILES string of the molecule is Cc1c(C(=O)N(C)CC(C)C(=O)O)oc2ccc(F)cc12. The van der Waals surface area contributed by atoms with E-state index in [-0.39, 0.29) is 12.3 Å². The first-order chi connectivity index (χ1) is 9.81. The summed E-state index contributed by atoms with van der Waals surface area (Å²) in [4.78, 5) is 24.5. The number of aliphatic carboxylic acids is 1. The molecule has 0 aliphatic carbocycles. The second kappa shape index (κ2) is 5.55. The van der Waals surface area contributed by atoms with Gasteiger partial charge in [0.05, 0.1) is 5.92 Å². The molecule has 0 radical (unpaired) electrons. The molecule has 2 aromatic rings. The summed E-state index contributed by atoms with van der Waals surface area (Å²) in [6.07, 6.45) is 0. The van der Waals surface area contributed by atoms with E-state index in [0.29, 0.717) is 16.5 Å². The van der Waals surface area contributed by atoms with E-state index in [4.69, 9.17) is 9.52 Å². The lowest BCUT2D eigenvalue weighted by Gasteiger charge is -2.18. The van der Waals surface area contributed by atoms with Crippen LogP contribution in [0.1, 0.15) is 23.0 Å². The van der Waals surface area contributed by atoms with Crippen LogP contribution in [-0.4, -0.2) is 35.5 Å². The molecule has 0 spiro atoms. The zero-order valence-corrected chi connectivity index (χ0v) is 12.0. The van der Waals surface area contributed by atoms with Gasteiger partial charge in [-0.2, -0.15) is 0 Å². The van der Waals surface area contributed by atoms with Crippen molar-refractivity contribution in [1.82, 2.24) is 4.90 Å². The van der Waals surface area contributed by atoms with Gasteiger partial charge in [-0.25, -0.2) is 4.39 Å². The van der Waals surface area contributed by atoms with Gasteiger partial charge in [0.2, 0.25) is 0 Å². The molecule has 0 bridgehead atoms. The molecule has 6 heteroatoms. The highest BCUT2D eigenvalue weighted by atomic mass is 19.1. The lowest BCUT2D eigenvalue weighted by molar-refractivity contribution is -0.141. The van der Waals surface area contributed by atoms with Gasteiger partial charge in [0.25, 0.3) is 5.91 Å². The molecule has 0 saturated heterocycles. The summed E-state index contributed by atoms with van der Waals surface area (Å²) in [5, 5.41) is 9.42. The van der Waals surface area contributed by atoms with Crippen molar-refractivity contribution in [2.45, 2.75) is 13.8 Å². The normalized spacial score (nSPS) is 12.4. The Morgan fingerprint density at radius 3 is 2.71 bits per heavy atom. The average molecular weight is 293 g/mol. The summed E-state index contributed by atoms with van der Waals surface area (Å²) >= 11 is 0. The molecule has 0 saturated carbocycles. The molecule has 112 valence electrons. The Balaban J connectivity index is 2.31. The van der Waals surface area contributed by atoms with Gasteiger partial charge in [0, 0.05) is 24.5 Å². The van der Waals surface area contributed by atoms with Gasteiger partial charge in [0.15, 0.2) is 5.76 Å². The lowest BCUT2D eigenvalue weighted by atomic mass is 10.1. The van der Waals surface area contributed by atoms with E-state index in [0.717, 1.165) is 0 Å². The standard InChI is InChI=1S/C15H16FNO4/c1-8(15(19)20)7-17(3)14(18)13-9(2)11-6-10(16)4-5-12(11)21-13/h4-6,8H,7H2,1-3H3,(H,19,20). The quantitative estimate of drug-likeness (QED) is 0.940. The highest BCUT2D eigenvalue weighted by molar-refractivity contribution is 5.98. The maximum absolute atomic E-state index is 13.2. The molecule has 1 heterocycles. The molecule has 1 atom stereocenters. The Kier molecular flexibility index (Phi) is 3.97. The number of halogens is 1. The number of carboxylic acid groups (broad SMARTS) is 1. The fourth-order valence-electron chi connectivity index (χ4n) is 2.14. The maximum atomic E-state index is 13.2. The van der Waals surface area contributed by atoms with Gasteiger partial charge in [-0.3, -0.25) is 9.59 Å². The van der Waals surface area contributed by atoms with E-state index in [1.165, 1.54) is 37.1 Å². The second-order valence-corrected chi connectivity index (χ2v) is 5.12. The number of nitrogens with zero attached hydrogens (tertiary/aromatic N) is 1. The van der Waals surface area contributed by atoms with Gasteiger partial charge < -0.3 is 14.4 Å². The molecule has 1 aromatic heterocycles. The average Bonchev–Trinajstić information content (AvgIpc) is 2.75. The summed E-state index contributed by atoms with van der Waals surface area (Å²) < 4.78 is 18.7. The lowest BCUT2D eigenvalue weighted by Crippen LogP contribution is -2.33. The van der Waals surface area contributed by atoms with Crippen molar-refractivity contribution in [3.8, 4) is 0 Å². The Hall–Kier alpha value is -2.37. The number of carbonyl (C=O) groups excluding carboxylic acids is 1. The van der Waals surface area contributed by atoms with Crippen molar-refractivity contribution in [3.05, 3.63) is 35.3 Å². The molecule has 5 nitrogen and oxygen atoms in total. The molecule has 1 aromatic carbocycles. The minimum atomic E-state index is -0.974. The molecule has 0 aliphatic rings. The number of carboxylic acids is 1. The fraction of sp³-hybridized carbons (Fsp3) is 0.333. The van der Waals surface area contributed by atoms with E-state index in [2.05, 4.69) is 0 Å². The van der Waals surface area contributed by atoms with Crippen LogP contribution in [-0.2, 0) is 4.79 Å². The fourth-order valence-corrected chi connectivity index (χ4v) is 2.14. The number of hydrogen-bond donors (Lipinski definition) is 1. The van der Waals surface area contributed by atoms with E-state index in [1.54, 1.807) is 6.92 Å². The molecular weight excluding hydrogens is 277 g/mol. The summed E-state index contributed by atoms with van der Waals surface area (Å²) in [6, 6.07) is 4.04. The molecule has 1 N–H and O–H groups in total. The Bertz CT molecular complexity index is 707. The summed E-state index contributed by atoms with van der Waals surface area (Å²) in [5.74, 6) is -2.37. The van der Waals surface area contributed by atoms with Crippen LogP contribution in [0, 0.1) is 18.7 Å². The number of aryl methyl sites for hydroxylation is 1. The molecule has 2 rings (SSSR count). The van der Waals surface area contributed by atoms with Crippen molar-refractivity contribution in [2.24, 2.45) is 5.92 Å². The number of carbonyl (C=O) groups is 2. The minimum absolute atomic E-state index is 0.0685. The monoisotopic (exact) mass is 293 g/mol. The van der Waals surface area contributed by atoms with Gasteiger partial charge in [-0.15, -0.1) is 0 Å². The molecule has 1 amide bonds. The number of benzene rings is 1. The highest BCUT2D eigenvalue weighted by Crippen LogP contribution is 2.26. The number of furan rings is 1. The number of amides is 1. The summed E-state index contributed by atoms with van der Waals surface area (Å²) in [6.45, 7) is 3.26. The Morgan fingerprint density at radius 1 is 1.43 bits per heavy atom.